The van der Waals surface area contributed by atoms with E-state index in [4.69, 9.17) is 0 Å². The van der Waals surface area contributed by atoms with Gasteiger partial charge in [-0.15, -0.1) is 12.4 Å². The van der Waals surface area contributed by atoms with Gasteiger partial charge in [0.25, 0.3) is 0 Å². The van der Waals surface area contributed by atoms with E-state index in [0.29, 0.717) is 13.1 Å². The first-order valence-corrected chi connectivity index (χ1v) is 8.26. The number of sulfone groups is 1. The third-order valence-corrected chi connectivity index (χ3v) is 4.71. The van der Waals surface area contributed by atoms with Gasteiger partial charge >= 0.3 is 0 Å². The number of Topliss-reactive ketones (excluding diaryl/α,β-unsaturated/α-hetero) is 1. The number of ketones is 1. The normalized spacial score (nSPS) is 10.8. The number of hydrogen-bond donors (Lipinski definition) is 1. The number of nitrogens with one attached hydrogen (secondary N) is 1. The summed E-state index contributed by atoms with van der Waals surface area (Å²) in [6.45, 7) is 2.08. The molecule has 23 heavy (non-hydrogen) atoms. The maximum Gasteiger partial charge on any atom is 0.237 e. The lowest BCUT2D eigenvalue weighted by Gasteiger charge is -2.17. The van der Waals surface area contributed by atoms with E-state index in [2.05, 4.69) is 5.32 Å². The molecule has 0 saturated heterocycles. The van der Waals surface area contributed by atoms with Crippen LogP contribution >= 0.6 is 12.4 Å². The molecule has 0 heterocycles. The highest BCUT2D eigenvalue weighted by molar-refractivity contribution is 7.92. The first-order chi connectivity index (χ1) is 10.2. The molecule has 0 atom stereocenters. The van der Waals surface area contributed by atoms with Gasteiger partial charge in [-0.1, -0.05) is 0 Å². The van der Waals surface area contributed by atoms with E-state index in [0.717, 1.165) is 18.2 Å². The molecule has 130 valence electrons. The van der Waals surface area contributed by atoms with Crippen molar-refractivity contribution in [1.82, 2.24) is 10.2 Å². The van der Waals surface area contributed by atoms with Gasteiger partial charge in [-0.2, -0.15) is 0 Å². The van der Waals surface area contributed by atoms with Crippen molar-refractivity contribution in [3.63, 3.8) is 0 Å². The average molecular weight is 367 g/mol. The quantitative estimate of drug-likeness (QED) is 0.725. The minimum absolute atomic E-state index is 0. The largest absolute Gasteiger partial charge is 0.344 e. The highest BCUT2D eigenvalue weighted by Crippen LogP contribution is 2.17. The second-order valence-electron chi connectivity index (χ2n) is 4.88. The Morgan fingerprint density at radius 3 is 2.39 bits per heavy atom. The minimum Gasteiger partial charge on any atom is -0.344 e. The number of amides is 1. The second-order valence-corrected chi connectivity index (χ2v) is 6.87. The van der Waals surface area contributed by atoms with Crippen molar-refractivity contribution in [2.24, 2.45) is 0 Å². The molecule has 0 bridgehead atoms. The number of benzene rings is 1. The first-order valence-electron chi connectivity index (χ1n) is 6.61. The summed E-state index contributed by atoms with van der Waals surface area (Å²) < 4.78 is 38.0. The zero-order chi connectivity index (χ0) is 16.9. The highest BCUT2D eigenvalue weighted by atomic mass is 35.5. The Bertz CT molecular complexity index is 679. The van der Waals surface area contributed by atoms with Crippen LogP contribution in [0.4, 0.5) is 4.39 Å². The van der Waals surface area contributed by atoms with Crippen LogP contribution < -0.4 is 5.32 Å². The van der Waals surface area contributed by atoms with Crippen LogP contribution in [0.3, 0.4) is 0 Å². The number of nitrogens with zero attached hydrogens (tertiary/aromatic N) is 1. The fourth-order valence-electron chi connectivity index (χ4n) is 1.74. The molecule has 1 aromatic rings. The summed E-state index contributed by atoms with van der Waals surface area (Å²) in [7, 11) is -0.746. The average Bonchev–Trinajstić information content (AvgIpc) is 2.43. The zero-order valence-corrected chi connectivity index (χ0v) is 14.8. The van der Waals surface area contributed by atoms with Gasteiger partial charge in [-0.25, -0.2) is 12.8 Å². The number of carbonyl (C=O) groups is 2. The first kappa shape index (κ1) is 21.5. The minimum atomic E-state index is -3.96. The smallest absolute Gasteiger partial charge is 0.237 e. The molecular weight excluding hydrogens is 347 g/mol. The molecule has 1 aromatic carbocycles. The predicted octanol–water partition coefficient (Wildman–Crippen LogP) is 0.902. The summed E-state index contributed by atoms with van der Waals surface area (Å²) in [6, 6.07) is 3.02. The van der Waals surface area contributed by atoms with Gasteiger partial charge in [0.15, 0.2) is 15.6 Å². The molecule has 0 saturated carbocycles. The maximum atomic E-state index is 13.7. The Morgan fingerprint density at radius 1 is 1.30 bits per heavy atom. The fraction of sp³-hybridized carbons (Fsp3) is 0.429. The number of rotatable bonds is 7. The van der Waals surface area contributed by atoms with Gasteiger partial charge in [0.1, 0.15) is 11.6 Å². The molecular formula is C14H20ClFN2O4S. The number of hydrogen-bond acceptors (Lipinski definition) is 5. The van der Waals surface area contributed by atoms with E-state index in [-0.39, 0.29) is 22.9 Å². The third-order valence-electron chi connectivity index (χ3n) is 3.12. The molecule has 0 aromatic heterocycles. The van der Waals surface area contributed by atoms with Gasteiger partial charge < -0.3 is 10.2 Å². The molecule has 0 aliphatic carbocycles. The molecule has 9 heteroatoms. The summed E-state index contributed by atoms with van der Waals surface area (Å²) in [5, 5.41) is 2.85. The van der Waals surface area contributed by atoms with E-state index in [1.54, 1.807) is 7.05 Å². The van der Waals surface area contributed by atoms with E-state index in [1.165, 1.54) is 18.9 Å². The molecule has 0 aliphatic rings. The number of likely N-dealkylation sites (N-methyl/N-ethyl adjacent to an activating group) is 2. The molecule has 0 spiro atoms. The second kappa shape index (κ2) is 8.95. The van der Waals surface area contributed by atoms with Crippen LogP contribution in [0.25, 0.3) is 0 Å². The topological polar surface area (TPSA) is 83.6 Å². The molecule has 0 radical (unpaired) electrons. The monoisotopic (exact) mass is 366 g/mol. The number of carbonyl (C=O) groups excluding carboxylic acids is 2. The van der Waals surface area contributed by atoms with Crippen molar-refractivity contribution in [3.8, 4) is 0 Å². The third kappa shape index (κ3) is 5.89. The van der Waals surface area contributed by atoms with Gasteiger partial charge in [0.2, 0.25) is 5.91 Å². The lowest BCUT2D eigenvalue weighted by Crippen LogP contribution is -2.36. The lowest BCUT2D eigenvalue weighted by molar-refractivity contribution is -0.127. The van der Waals surface area contributed by atoms with Gasteiger partial charge in [0, 0.05) is 20.1 Å². The highest BCUT2D eigenvalue weighted by Gasteiger charge is 2.23. The molecule has 0 unspecified atom stereocenters. The zero-order valence-electron chi connectivity index (χ0n) is 13.1. The van der Waals surface area contributed by atoms with Gasteiger partial charge in [-0.3, -0.25) is 9.59 Å². The van der Waals surface area contributed by atoms with E-state index >= 15 is 0 Å². The van der Waals surface area contributed by atoms with E-state index in [1.807, 2.05) is 0 Å². The van der Waals surface area contributed by atoms with Crippen molar-refractivity contribution >= 4 is 33.9 Å². The van der Waals surface area contributed by atoms with Crippen molar-refractivity contribution in [2.75, 3.05) is 32.9 Å². The molecule has 6 nitrogen and oxygen atoms in total. The van der Waals surface area contributed by atoms with Crippen LogP contribution in [-0.4, -0.2) is 57.9 Å². The Hall–Kier alpha value is -1.51. The van der Waals surface area contributed by atoms with Gasteiger partial charge in [-0.05, 0) is 32.2 Å². The Morgan fingerprint density at radius 2 is 1.91 bits per heavy atom. The summed E-state index contributed by atoms with van der Waals surface area (Å²) in [4.78, 5) is 24.0. The predicted molar refractivity (Wildman–Crippen MR) is 87.3 cm³/mol. The van der Waals surface area contributed by atoms with Crippen LogP contribution in [0.5, 0.6) is 0 Å². The summed E-state index contributed by atoms with van der Waals surface area (Å²) in [6.07, 6.45) is 0. The summed E-state index contributed by atoms with van der Waals surface area (Å²) in [5.41, 5.74) is -0.184. The summed E-state index contributed by atoms with van der Waals surface area (Å²) >= 11 is 0. The summed E-state index contributed by atoms with van der Waals surface area (Å²) in [5.74, 6) is -2.73. The van der Waals surface area contributed by atoms with Crippen LogP contribution in [0, 0.1) is 5.82 Å². The van der Waals surface area contributed by atoms with Crippen LogP contribution in [-0.2, 0) is 14.6 Å². The Balaban J connectivity index is 0.00000484. The van der Waals surface area contributed by atoms with Crippen LogP contribution in [0.2, 0.25) is 0 Å². The lowest BCUT2D eigenvalue weighted by atomic mass is 10.1. The molecule has 1 amide bonds. The van der Waals surface area contributed by atoms with Crippen molar-refractivity contribution in [3.05, 3.63) is 29.6 Å². The standard InChI is InChI=1S/C14H19FN2O4S.ClH/c1-10(18)12-5-4-11(8-13(12)15)22(20,21)9-14(19)17(3)7-6-16-2;/h4-5,8,16H,6-7,9H2,1-3H3;1H. The SMILES string of the molecule is CNCCN(C)C(=O)CS(=O)(=O)c1ccc(C(C)=O)c(F)c1.Cl. The molecule has 1 rings (SSSR count). The fourth-order valence-corrected chi connectivity index (χ4v) is 3.01. The maximum absolute atomic E-state index is 13.7. The van der Waals surface area contributed by atoms with Crippen LogP contribution in [0.15, 0.2) is 23.1 Å². The van der Waals surface area contributed by atoms with Crippen LogP contribution in [0.1, 0.15) is 17.3 Å². The Labute approximate surface area is 141 Å². The van der Waals surface area contributed by atoms with E-state index < -0.39 is 33.1 Å². The molecule has 1 N–H and O–H groups in total. The van der Waals surface area contributed by atoms with Gasteiger partial charge in [0.05, 0.1) is 10.5 Å². The number of halogens is 2. The van der Waals surface area contributed by atoms with E-state index in [9.17, 15) is 22.4 Å². The van der Waals surface area contributed by atoms with Crippen molar-refractivity contribution < 1.29 is 22.4 Å². The van der Waals surface area contributed by atoms with Crippen molar-refractivity contribution in [2.45, 2.75) is 11.8 Å². The molecule has 0 fully saturated rings. The Kier molecular flexibility index (Phi) is 8.36. The van der Waals surface area contributed by atoms with Crippen molar-refractivity contribution in [1.29, 1.82) is 0 Å². The molecule has 0 aliphatic heterocycles.